The van der Waals surface area contributed by atoms with E-state index in [1.54, 1.807) is 0 Å². The molecule has 0 aliphatic carbocycles. The Morgan fingerprint density at radius 1 is 1.22 bits per heavy atom. The molecule has 0 saturated carbocycles. The molecule has 3 nitrogen and oxygen atoms in total. The molecule has 1 aromatic rings. The van der Waals surface area contributed by atoms with Gasteiger partial charge in [-0.05, 0) is 32.9 Å². The summed E-state index contributed by atoms with van der Waals surface area (Å²) in [6.45, 7) is 8.19. The van der Waals surface area contributed by atoms with Gasteiger partial charge in [0.05, 0.1) is 0 Å². The fraction of sp³-hybridized carbons (Fsp3) is 0.455. The third kappa shape index (κ3) is 6.76. The third-order valence-electron chi connectivity index (χ3n) is 2.42. The van der Waals surface area contributed by atoms with Crippen molar-refractivity contribution in [2.24, 2.45) is 0 Å². The Bertz CT molecular complexity index is 400. The van der Waals surface area contributed by atoms with E-state index in [1.165, 1.54) is 5.69 Å². The molecule has 1 aromatic carbocycles. The molecule has 0 fully saturated rings. The van der Waals surface area contributed by atoms with E-state index in [0.29, 0.717) is 5.69 Å². The Balaban J connectivity index is 0.000000631. The fourth-order valence-corrected chi connectivity index (χ4v) is 1.54. The van der Waals surface area contributed by atoms with Gasteiger partial charge in [0, 0.05) is 30.4 Å². The van der Waals surface area contributed by atoms with Crippen LogP contribution < -0.4 is 4.90 Å². The van der Waals surface area contributed by atoms with Crippen LogP contribution in [0, 0.1) is 12.3 Å². The number of aryl methyl sites for hydroxylation is 1. The summed E-state index contributed by atoms with van der Waals surface area (Å²) < 4.78 is 0. The van der Waals surface area contributed by atoms with Crippen LogP contribution in [0.5, 0.6) is 0 Å². The number of benzene rings is 1. The molecule has 18 heavy (non-hydrogen) atoms. The van der Waals surface area contributed by atoms with Gasteiger partial charge in [0.25, 0.3) is 0 Å². The Morgan fingerprint density at radius 2 is 1.72 bits per heavy atom. The molecule has 0 aromatic heterocycles. The van der Waals surface area contributed by atoms with E-state index in [1.807, 2.05) is 25.1 Å². The van der Waals surface area contributed by atoms with Crippen molar-refractivity contribution >= 4 is 40.4 Å². The van der Waals surface area contributed by atoms with Crippen LogP contribution in [0.2, 0.25) is 0 Å². The van der Waals surface area contributed by atoms with Crippen molar-refractivity contribution < 1.29 is 13.0 Å². The quantitative estimate of drug-likeness (QED) is 0.533. The van der Waals surface area contributed by atoms with Crippen LogP contribution in [0.15, 0.2) is 18.2 Å². The molecule has 0 aliphatic rings. The Hall–Kier alpha value is -0.0666. The molecular formula is C11H16Cl3N3Zn. The van der Waals surface area contributed by atoms with Crippen molar-refractivity contribution in [2.75, 3.05) is 18.0 Å². The van der Waals surface area contributed by atoms with Crippen LogP contribution in [0.1, 0.15) is 19.4 Å². The molecule has 0 aliphatic heterocycles. The Morgan fingerprint density at radius 3 is 2.06 bits per heavy atom. The second kappa shape index (κ2) is 9.81. The number of rotatable bonds is 3. The van der Waals surface area contributed by atoms with E-state index in [0.717, 1.165) is 18.7 Å². The van der Waals surface area contributed by atoms with Gasteiger partial charge in [-0.1, -0.05) is 0 Å². The van der Waals surface area contributed by atoms with Crippen LogP contribution in [0.4, 0.5) is 11.4 Å². The van der Waals surface area contributed by atoms with Gasteiger partial charge in [0.2, 0.25) is 5.39 Å². The van der Waals surface area contributed by atoms with E-state index in [2.05, 4.69) is 23.7 Å². The number of nitrogens with zero attached hydrogens (tertiary/aromatic N) is 3. The van der Waals surface area contributed by atoms with E-state index >= 15 is 0 Å². The normalized spacial score (nSPS) is 8.94. The molecular weight excluding hydrogens is 346 g/mol. The number of diazo groups is 1. The van der Waals surface area contributed by atoms with Gasteiger partial charge in [-0.25, -0.2) is 0 Å². The van der Waals surface area contributed by atoms with E-state index in [-0.39, 0.29) is 0 Å². The number of anilines is 1. The first-order chi connectivity index (χ1) is 8.46. The first kappa shape index (κ1) is 17.9. The molecule has 0 radical (unpaired) electrons. The summed E-state index contributed by atoms with van der Waals surface area (Å²) >= 11 is -2.21. The molecule has 98 valence electrons. The van der Waals surface area contributed by atoms with Gasteiger partial charge in [-0.15, -0.1) is 0 Å². The standard InChI is InChI=1S/C11H16N3.3ClH.Zn/c1-4-14(5-2)10-6-7-11(13-12)9(3)8-10;;;;/h6-8H,4-5H2,1-3H3;3*1H;/q+1;;;;+2/p-3. The summed E-state index contributed by atoms with van der Waals surface area (Å²) in [7, 11) is 15.0. The molecule has 0 amide bonds. The summed E-state index contributed by atoms with van der Waals surface area (Å²) in [5.74, 6) is 0. The van der Waals surface area contributed by atoms with Crippen LogP contribution in [0.25, 0.3) is 4.98 Å². The van der Waals surface area contributed by atoms with Crippen molar-refractivity contribution in [2.45, 2.75) is 20.8 Å². The molecule has 7 heteroatoms. The van der Waals surface area contributed by atoms with Gasteiger partial charge >= 0.3 is 47.7 Å². The molecule has 0 N–H and O–H groups in total. The summed E-state index contributed by atoms with van der Waals surface area (Å²) in [4.78, 5) is 5.46. The van der Waals surface area contributed by atoms with Gasteiger partial charge in [0.1, 0.15) is 0 Å². The van der Waals surface area contributed by atoms with Crippen LogP contribution in [-0.2, 0) is 13.0 Å². The summed E-state index contributed by atoms with van der Waals surface area (Å²) in [5, 5.41) is 8.67. The van der Waals surface area contributed by atoms with E-state index in [4.69, 9.17) is 34.5 Å². The number of halogens is 3. The molecule has 0 saturated heterocycles. The van der Waals surface area contributed by atoms with E-state index < -0.39 is 13.0 Å². The maximum atomic E-state index is 8.67. The first-order valence-electron chi connectivity index (χ1n) is 5.73. The zero-order chi connectivity index (χ0) is 14.1. The molecule has 0 heterocycles. The Kier molecular flexibility index (Phi) is 9.77. The van der Waals surface area contributed by atoms with Crippen LogP contribution >= 0.6 is 29.1 Å². The van der Waals surface area contributed by atoms with Gasteiger partial charge in [-0.2, -0.15) is 0 Å². The predicted molar refractivity (Wildman–Crippen MR) is 77.0 cm³/mol. The predicted octanol–water partition coefficient (Wildman–Crippen LogP) is 5.39. The number of hydrogen-bond donors (Lipinski definition) is 0. The fourth-order valence-electron chi connectivity index (χ4n) is 1.54. The second-order valence-corrected chi connectivity index (χ2v) is 17.4. The average molecular weight is 362 g/mol. The van der Waals surface area contributed by atoms with Crippen molar-refractivity contribution in [1.29, 1.82) is 5.39 Å². The molecule has 1 rings (SSSR count). The van der Waals surface area contributed by atoms with Crippen molar-refractivity contribution in [3.8, 4) is 0 Å². The molecule has 0 atom stereocenters. The average Bonchev–Trinajstić information content (AvgIpc) is 2.30. The van der Waals surface area contributed by atoms with Gasteiger partial charge in [0.15, 0.2) is 4.98 Å². The minimum atomic E-state index is -2.21. The SMILES string of the molecule is CCN(CC)c1ccc([N+]#N)c(C)c1.[Cl][Zn-]([Cl])[Cl]. The topological polar surface area (TPSA) is 31.4 Å². The molecule has 0 unspecified atom stereocenters. The zero-order valence-electron chi connectivity index (χ0n) is 10.8. The monoisotopic (exact) mass is 359 g/mol. The van der Waals surface area contributed by atoms with Crippen molar-refractivity contribution in [3.05, 3.63) is 28.7 Å². The van der Waals surface area contributed by atoms with Gasteiger partial charge in [-0.3, -0.25) is 0 Å². The first-order valence-corrected chi connectivity index (χ1v) is 17.4. The second-order valence-electron chi connectivity index (χ2n) is 3.55. The van der Waals surface area contributed by atoms with E-state index in [9.17, 15) is 0 Å². The molecule has 0 bridgehead atoms. The summed E-state index contributed by atoms with van der Waals surface area (Å²) in [6, 6.07) is 5.86. The van der Waals surface area contributed by atoms with Gasteiger partial charge < -0.3 is 4.90 Å². The van der Waals surface area contributed by atoms with Crippen LogP contribution in [-0.4, -0.2) is 13.1 Å². The van der Waals surface area contributed by atoms with Crippen molar-refractivity contribution in [3.63, 3.8) is 0 Å². The van der Waals surface area contributed by atoms with Crippen molar-refractivity contribution in [1.82, 2.24) is 0 Å². The summed E-state index contributed by atoms with van der Waals surface area (Å²) in [5.41, 5.74) is 2.82. The van der Waals surface area contributed by atoms with Crippen LogP contribution in [0.3, 0.4) is 0 Å². The minimum absolute atomic E-state index is 0.640. The molecule has 0 spiro atoms. The maximum absolute atomic E-state index is 8.67. The zero-order valence-corrected chi connectivity index (χ0v) is 16.1. The third-order valence-corrected chi connectivity index (χ3v) is 2.42. The number of hydrogen-bond acceptors (Lipinski definition) is 2. The Labute approximate surface area is 126 Å². The summed E-state index contributed by atoms with van der Waals surface area (Å²) in [6.07, 6.45) is 0.